The molecule has 1 unspecified atom stereocenters. The van der Waals surface area contributed by atoms with Crippen LogP contribution in [0.1, 0.15) is 35.1 Å². The Morgan fingerprint density at radius 1 is 1.35 bits per heavy atom. The number of urea groups is 1. The molecular weight excluding hydrogens is 450 g/mol. The summed E-state index contributed by atoms with van der Waals surface area (Å²) < 4.78 is 1.92. The Morgan fingerprint density at radius 3 is 3.00 bits per heavy atom. The lowest BCUT2D eigenvalue weighted by Crippen LogP contribution is -2.39. The molecule has 1 aliphatic carbocycles. The number of hydrogen-bond acceptors (Lipinski definition) is 7. The zero-order valence-electron chi connectivity index (χ0n) is 17.5. The first kappa shape index (κ1) is 22.0. The lowest BCUT2D eigenvalue weighted by molar-refractivity contribution is -0.117. The predicted octanol–water partition coefficient (Wildman–Crippen LogP) is 4.24. The van der Waals surface area contributed by atoms with E-state index in [1.54, 1.807) is 22.7 Å². The van der Waals surface area contributed by atoms with E-state index in [0.717, 1.165) is 34.3 Å². The Bertz CT molecular complexity index is 1060. The molecule has 1 aliphatic rings. The first-order valence-electron chi connectivity index (χ1n) is 10.3. The number of aromatic nitrogens is 3. The molecule has 0 aliphatic heterocycles. The van der Waals surface area contributed by atoms with Gasteiger partial charge in [-0.2, -0.15) is 0 Å². The highest BCUT2D eigenvalue weighted by Gasteiger charge is 2.22. The summed E-state index contributed by atoms with van der Waals surface area (Å²) in [6.45, 7) is 2.67. The van der Waals surface area contributed by atoms with Crippen LogP contribution in [-0.4, -0.2) is 32.5 Å². The predicted molar refractivity (Wildman–Crippen MR) is 126 cm³/mol. The van der Waals surface area contributed by atoms with Gasteiger partial charge in [0.25, 0.3) is 0 Å². The van der Waals surface area contributed by atoms with Crippen LogP contribution in [0.15, 0.2) is 28.7 Å². The molecule has 3 aromatic rings. The molecule has 0 aromatic carbocycles. The van der Waals surface area contributed by atoms with Crippen LogP contribution < -0.4 is 10.6 Å². The van der Waals surface area contributed by atoms with Gasteiger partial charge < -0.3 is 9.88 Å². The molecule has 1 atom stereocenters. The molecule has 3 heterocycles. The molecule has 3 aromatic heterocycles. The fourth-order valence-electron chi connectivity index (χ4n) is 3.63. The van der Waals surface area contributed by atoms with E-state index in [0.29, 0.717) is 11.7 Å². The summed E-state index contributed by atoms with van der Waals surface area (Å²) in [5.41, 5.74) is 1.45. The van der Waals surface area contributed by atoms with Gasteiger partial charge in [-0.05, 0) is 48.3 Å². The van der Waals surface area contributed by atoms with E-state index in [9.17, 15) is 9.59 Å². The molecule has 0 saturated heterocycles. The third kappa shape index (κ3) is 5.36. The van der Waals surface area contributed by atoms with Crippen LogP contribution >= 0.6 is 34.4 Å². The van der Waals surface area contributed by atoms with Crippen molar-refractivity contribution in [1.29, 1.82) is 0 Å². The molecule has 2 N–H and O–H groups in total. The second kappa shape index (κ2) is 9.97. The molecule has 0 saturated carbocycles. The fraction of sp³-hybridized carbons (Fsp3) is 0.429. The van der Waals surface area contributed by atoms with Gasteiger partial charge in [0, 0.05) is 16.8 Å². The van der Waals surface area contributed by atoms with E-state index >= 15 is 0 Å². The highest BCUT2D eigenvalue weighted by atomic mass is 32.2. The molecule has 3 amide bonds. The topological polar surface area (TPSA) is 88.9 Å². The third-order valence-corrected chi connectivity index (χ3v) is 8.54. The summed E-state index contributed by atoms with van der Waals surface area (Å²) in [4.78, 5) is 27.6. The van der Waals surface area contributed by atoms with Gasteiger partial charge in [0.05, 0.1) is 17.2 Å². The Balaban J connectivity index is 1.31. The van der Waals surface area contributed by atoms with Crippen molar-refractivity contribution in [1.82, 2.24) is 25.4 Å². The lowest BCUT2D eigenvalue weighted by atomic mass is 9.87. The summed E-state index contributed by atoms with van der Waals surface area (Å²) in [6.07, 6.45) is 4.78. The minimum atomic E-state index is -0.493. The Morgan fingerprint density at radius 2 is 2.23 bits per heavy atom. The van der Waals surface area contributed by atoms with Crippen molar-refractivity contribution in [3.05, 3.63) is 38.9 Å². The first-order valence-corrected chi connectivity index (χ1v) is 13.0. The van der Waals surface area contributed by atoms with Crippen molar-refractivity contribution in [2.75, 3.05) is 5.75 Å². The van der Waals surface area contributed by atoms with Crippen LogP contribution in [0.25, 0.3) is 10.7 Å². The lowest BCUT2D eigenvalue weighted by Gasteiger charge is -2.19. The van der Waals surface area contributed by atoms with Crippen LogP contribution in [0, 0.1) is 5.92 Å². The molecule has 0 spiro atoms. The van der Waals surface area contributed by atoms with Gasteiger partial charge >= 0.3 is 6.03 Å². The molecule has 0 fully saturated rings. The number of carbonyl (C=O) groups is 2. The van der Waals surface area contributed by atoms with E-state index in [2.05, 4.69) is 33.8 Å². The van der Waals surface area contributed by atoms with E-state index in [-0.39, 0.29) is 11.7 Å². The number of fused-ring (bicyclic) bond motifs is 1. The first-order chi connectivity index (χ1) is 15.0. The van der Waals surface area contributed by atoms with E-state index < -0.39 is 6.03 Å². The standard InChI is InChI=1S/C21H25N5O2S3/c1-3-13-6-7-16-14(9-13)10-17(31-16)19-24-25-21(26(19)2)30-12-18(27)23-20(28)22-11-15-5-4-8-29-15/h4-5,8,10,13H,3,6-7,9,11-12H2,1-2H3,(H2,22,23,27,28). The Kier molecular flexibility index (Phi) is 7.09. The quantitative estimate of drug-likeness (QED) is 0.499. The highest BCUT2D eigenvalue weighted by Crippen LogP contribution is 2.37. The molecule has 10 heteroatoms. The molecular formula is C21H25N5O2S3. The Hall–Kier alpha value is -2.17. The molecule has 164 valence electrons. The summed E-state index contributed by atoms with van der Waals surface area (Å²) in [5.74, 6) is 1.33. The van der Waals surface area contributed by atoms with Crippen LogP contribution in [0.5, 0.6) is 0 Å². The van der Waals surface area contributed by atoms with E-state index in [1.165, 1.54) is 35.0 Å². The summed E-state index contributed by atoms with van der Waals surface area (Å²) in [5, 5.41) is 16.2. The zero-order chi connectivity index (χ0) is 21.8. The number of nitrogens with zero attached hydrogens (tertiary/aromatic N) is 3. The van der Waals surface area contributed by atoms with Crippen molar-refractivity contribution in [2.24, 2.45) is 13.0 Å². The van der Waals surface area contributed by atoms with Crippen molar-refractivity contribution in [3.63, 3.8) is 0 Å². The van der Waals surface area contributed by atoms with Crippen LogP contribution in [-0.2, 0) is 31.2 Å². The largest absolute Gasteiger partial charge is 0.333 e. The van der Waals surface area contributed by atoms with Crippen LogP contribution in [0.4, 0.5) is 4.79 Å². The fourth-order valence-corrected chi connectivity index (χ4v) is 6.22. The molecule has 4 rings (SSSR count). The maximum Gasteiger partial charge on any atom is 0.321 e. The number of imide groups is 1. The molecule has 0 bridgehead atoms. The van der Waals surface area contributed by atoms with Crippen molar-refractivity contribution in [2.45, 2.75) is 44.3 Å². The van der Waals surface area contributed by atoms with Gasteiger partial charge in [0.1, 0.15) is 0 Å². The van der Waals surface area contributed by atoms with Gasteiger partial charge in [-0.3, -0.25) is 10.1 Å². The second-order valence-corrected chi connectivity index (χ2v) is 10.7. The van der Waals surface area contributed by atoms with Crippen molar-refractivity contribution >= 4 is 46.4 Å². The van der Waals surface area contributed by atoms with Crippen molar-refractivity contribution in [3.8, 4) is 10.7 Å². The number of hydrogen-bond donors (Lipinski definition) is 2. The Labute approximate surface area is 193 Å². The van der Waals surface area contributed by atoms with Gasteiger partial charge in [-0.15, -0.1) is 32.9 Å². The number of amides is 3. The highest BCUT2D eigenvalue weighted by molar-refractivity contribution is 7.99. The maximum absolute atomic E-state index is 12.1. The third-order valence-electron chi connectivity index (χ3n) is 5.41. The number of aryl methyl sites for hydroxylation is 1. The zero-order valence-corrected chi connectivity index (χ0v) is 20.0. The summed E-state index contributed by atoms with van der Waals surface area (Å²) in [6, 6.07) is 5.61. The smallest absolute Gasteiger partial charge is 0.321 e. The van der Waals surface area contributed by atoms with Crippen LogP contribution in [0.2, 0.25) is 0 Å². The van der Waals surface area contributed by atoms with Gasteiger partial charge in [0.2, 0.25) is 5.91 Å². The van der Waals surface area contributed by atoms with Gasteiger partial charge in [0.15, 0.2) is 11.0 Å². The average molecular weight is 476 g/mol. The minimum absolute atomic E-state index is 0.0948. The number of thioether (sulfide) groups is 1. The minimum Gasteiger partial charge on any atom is -0.333 e. The normalized spacial score (nSPS) is 15.5. The average Bonchev–Trinajstić information content (AvgIpc) is 3.50. The summed E-state index contributed by atoms with van der Waals surface area (Å²) >= 11 is 4.63. The molecule has 31 heavy (non-hydrogen) atoms. The molecule has 7 nitrogen and oxygen atoms in total. The number of nitrogens with one attached hydrogen (secondary N) is 2. The van der Waals surface area contributed by atoms with Crippen molar-refractivity contribution < 1.29 is 9.59 Å². The van der Waals surface area contributed by atoms with Gasteiger partial charge in [-0.1, -0.05) is 31.2 Å². The van der Waals surface area contributed by atoms with E-state index in [1.807, 2.05) is 29.1 Å². The monoisotopic (exact) mass is 475 g/mol. The molecule has 0 radical (unpaired) electrons. The van der Waals surface area contributed by atoms with Gasteiger partial charge in [-0.25, -0.2) is 4.79 Å². The van der Waals surface area contributed by atoms with E-state index in [4.69, 9.17) is 0 Å². The summed E-state index contributed by atoms with van der Waals surface area (Å²) in [7, 11) is 1.91. The number of rotatable bonds is 7. The maximum atomic E-state index is 12.1. The number of carbonyl (C=O) groups excluding carboxylic acids is 2. The number of thiophene rings is 2. The van der Waals surface area contributed by atoms with Crippen LogP contribution in [0.3, 0.4) is 0 Å². The SMILES string of the molecule is CCC1CCc2sc(-c3nnc(SCC(=O)NC(=O)NCc4cccs4)n3C)cc2C1. The second-order valence-electron chi connectivity index (χ2n) is 7.54.